The zero-order chi connectivity index (χ0) is 16.1. The Bertz CT molecular complexity index is 517. The number of hydrogen-bond donors (Lipinski definition) is 1. The molecule has 1 fully saturated rings. The maximum atomic E-state index is 12.4. The molecule has 1 heterocycles. The molecule has 1 saturated heterocycles. The molecule has 1 aliphatic rings. The number of likely N-dealkylation sites (tertiary alicyclic amines) is 1. The third-order valence-electron chi connectivity index (χ3n) is 4.36. The van der Waals surface area contributed by atoms with Crippen LogP contribution in [0.3, 0.4) is 0 Å². The fourth-order valence-corrected chi connectivity index (χ4v) is 2.91. The number of carboxylic acid groups (broad SMARTS) is 1. The number of nitrogens with zero attached hydrogens (tertiary/aromatic N) is 1. The van der Waals surface area contributed by atoms with E-state index in [1.807, 2.05) is 30.3 Å². The molecule has 0 saturated carbocycles. The van der Waals surface area contributed by atoms with Crippen LogP contribution in [0.2, 0.25) is 0 Å². The topological polar surface area (TPSA) is 66.8 Å². The molecule has 1 amide bonds. The smallest absolute Gasteiger partial charge is 0.326 e. The standard InChI is InChI=1S/C17H23NO4/c1-12(13-6-4-3-5-7-13)8-9-16(19)18-11-14(22-2)10-15(18)17(20)21/h3-7,12,14-15H,8-11H2,1-2H3,(H,20,21). The van der Waals surface area contributed by atoms with Gasteiger partial charge in [-0.05, 0) is 17.9 Å². The Labute approximate surface area is 130 Å². The molecule has 1 N–H and O–H groups in total. The molecule has 1 aromatic carbocycles. The Kier molecular flexibility index (Phi) is 5.55. The van der Waals surface area contributed by atoms with Crippen LogP contribution in [-0.4, -0.2) is 47.7 Å². The second-order valence-corrected chi connectivity index (χ2v) is 5.84. The molecule has 22 heavy (non-hydrogen) atoms. The van der Waals surface area contributed by atoms with E-state index in [0.717, 1.165) is 0 Å². The molecular weight excluding hydrogens is 282 g/mol. The van der Waals surface area contributed by atoms with Crippen molar-refractivity contribution in [1.29, 1.82) is 0 Å². The van der Waals surface area contributed by atoms with Crippen molar-refractivity contribution < 1.29 is 19.4 Å². The van der Waals surface area contributed by atoms with Gasteiger partial charge in [0, 0.05) is 26.5 Å². The van der Waals surface area contributed by atoms with E-state index in [1.54, 1.807) is 7.11 Å². The summed E-state index contributed by atoms with van der Waals surface area (Å²) in [4.78, 5) is 25.1. The molecule has 5 nitrogen and oxygen atoms in total. The Morgan fingerprint density at radius 2 is 2.05 bits per heavy atom. The molecule has 0 aromatic heterocycles. The zero-order valence-corrected chi connectivity index (χ0v) is 13.1. The second-order valence-electron chi connectivity index (χ2n) is 5.84. The molecular formula is C17H23NO4. The normalized spacial score (nSPS) is 22.5. The van der Waals surface area contributed by atoms with Crippen LogP contribution in [0.4, 0.5) is 0 Å². The average molecular weight is 305 g/mol. The van der Waals surface area contributed by atoms with E-state index in [1.165, 1.54) is 10.5 Å². The molecule has 3 atom stereocenters. The number of carbonyl (C=O) groups excluding carboxylic acids is 1. The molecule has 1 aliphatic heterocycles. The summed E-state index contributed by atoms with van der Waals surface area (Å²) in [5.74, 6) is -0.784. The average Bonchev–Trinajstić information content (AvgIpc) is 2.98. The van der Waals surface area contributed by atoms with Crippen molar-refractivity contribution in [3.8, 4) is 0 Å². The van der Waals surface area contributed by atoms with E-state index in [9.17, 15) is 14.7 Å². The molecule has 0 spiro atoms. The number of benzene rings is 1. The lowest BCUT2D eigenvalue weighted by atomic mass is 9.96. The highest BCUT2D eigenvalue weighted by Crippen LogP contribution is 2.24. The van der Waals surface area contributed by atoms with E-state index >= 15 is 0 Å². The minimum atomic E-state index is -0.955. The lowest BCUT2D eigenvalue weighted by Gasteiger charge is -2.22. The Balaban J connectivity index is 1.92. The third kappa shape index (κ3) is 3.85. The van der Waals surface area contributed by atoms with Crippen LogP contribution in [0.5, 0.6) is 0 Å². The van der Waals surface area contributed by atoms with Crippen molar-refractivity contribution in [3.05, 3.63) is 35.9 Å². The molecule has 120 valence electrons. The summed E-state index contributed by atoms with van der Waals surface area (Å²) in [5.41, 5.74) is 1.20. The number of methoxy groups -OCH3 is 1. The minimum absolute atomic E-state index is 0.102. The van der Waals surface area contributed by atoms with Gasteiger partial charge in [0.1, 0.15) is 6.04 Å². The summed E-state index contributed by atoms with van der Waals surface area (Å²) in [7, 11) is 1.55. The molecule has 0 radical (unpaired) electrons. The highest BCUT2D eigenvalue weighted by Gasteiger charge is 2.39. The van der Waals surface area contributed by atoms with Crippen molar-refractivity contribution in [1.82, 2.24) is 4.90 Å². The van der Waals surface area contributed by atoms with Gasteiger partial charge < -0.3 is 14.7 Å². The summed E-state index contributed by atoms with van der Waals surface area (Å²) in [6.07, 6.45) is 1.25. The van der Waals surface area contributed by atoms with Crippen LogP contribution in [0.1, 0.15) is 37.7 Å². The van der Waals surface area contributed by atoms with E-state index in [4.69, 9.17) is 4.74 Å². The van der Waals surface area contributed by atoms with Crippen LogP contribution < -0.4 is 0 Å². The Hall–Kier alpha value is -1.88. The molecule has 1 aromatic rings. The van der Waals surface area contributed by atoms with Gasteiger partial charge in [-0.2, -0.15) is 0 Å². The summed E-state index contributed by atoms with van der Waals surface area (Å²) in [6, 6.07) is 9.27. The van der Waals surface area contributed by atoms with E-state index in [2.05, 4.69) is 6.92 Å². The van der Waals surface area contributed by atoms with Crippen LogP contribution in [0.15, 0.2) is 30.3 Å². The van der Waals surface area contributed by atoms with Crippen molar-refractivity contribution in [3.63, 3.8) is 0 Å². The summed E-state index contributed by atoms with van der Waals surface area (Å²) >= 11 is 0. The maximum Gasteiger partial charge on any atom is 0.326 e. The number of ether oxygens (including phenoxy) is 1. The predicted molar refractivity (Wildman–Crippen MR) is 82.6 cm³/mol. The number of amides is 1. The first-order valence-corrected chi connectivity index (χ1v) is 7.63. The van der Waals surface area contributed by atoms with Crippen LogP contribution in [-0.2, 0) is 14.3 Å². The Morgan fingerprint density at radius 1 is 1.36 bits per heavy atom. The lowest BCUT2D eigenvalue weighted by molar-refractivity contribution is -0.148. The largest absolute Gasteiger partial charge is 0.480 e. The predicted octanol–water partition coefficient (Wildman–Crippen LogP) is 2.27. The number of carboxylic acids is 1. The first-order valence-electron chi connectivity index (χ1n) is 7.63. The van der Waals surface area contributed by atoms with Crippen molar-refractivity contribution in [2.45, 2.75) is 44.2 Å². The van der Waals surface area contributed by atoms with E-state index in [0.29, 0.717) is 25.8 Å². The highest BCUT2D eigenvalue weighted by atomic mass is 16.5. The highest BCUT2D eigenvalue weighted by molar-refractivity contribution is 5.84. The van der Waals surface area contributed by atoms with Gasteiger partial charge >= 0.3 is 5.97 Å². The molecule has 3 unspecified atom stereocenters. The van der Waals surface area contributed by atoms with E-state index < -0.39 is 12.0 Å². The number of aliphatic carboxylic acids is 1. The number of rotatable bonds is 6. The van der Waals surface area contributed by atoms with Crippen molar-refractivity contribution in [2.24, 2.45) is 0 Å². The third-order valence-corrected chi connectivity index (χ3v) is 4.36. The number of carbonyl (C=O) groups is 2. The van der Waals surface area contributed by atoms with Crippen molar-refractivity contribution >= 4 is 11.9 Å². The first-order chi connectivity index (χ1) is 10.5. The minimum Gasteiger partial charge on any atom is -0.480 e. The Morgan fingerprint density at radius 3 is 2.64 bits per heavy atom. The van der Waals surface area contributed by atoms with Gasteiger partial charge in [0.2, 0.25) is 5.91 Å². The van der Waals surface area contributed by atoms with Gasteiger partial charge in [0.25, 0.3) is 0 Å². The van der Waals surface area contributed by atoms with Crippen LogP contribution in [0, 0.1) is 0 Å². The molecule has 0 bridgehead atoms. The first kappa shape index (κ1) is 16.5. The SMILES string of the molecule is COC1CC(C(=O)O)N(C(=O)CCC(C)c2ccccc2)C1. The van der Waals surface area contributed by atoms with Gasteiger partial charge in [-0.1, -0.05) is 37.3 Å². The van der Waals surface area contributed by atoms with Crippen LogP contribution in [0.25, 0.3) is 0 Å². The molecule has 0 aliphatic carbocycles. The van der Waals surface area contributed by atoms with Crippen molar-refractivity contribution in [2.75, 3.05) is 13.7 Å². The van der Waals surface area contributed by atoms with Gasteiger partial charge in [-0.25, -0.2) is 4.79 Å². The fourth-order valence-electron chi connectivity index (χ4n) is 2.91. The summed E-state index contributed by atoms with van der Waals surface area (Å²) in [5, 5.41) is 9.25. The van der Waals surface area contributed by atoms with Gasteiger partial charge in [-0.15, -0.1) is 0 Å². The molecule has 5 heteroatoms. The molecule has 2 rings (SSSR count). The lowest BCUT2D eigenvalue weighted by Crippen LogP contribution is -2.40. The maximum absolute atomic E-state index is 12.4. The monoisotopic (exact) mass is 305 g/mol. The quantitative estimate of drug-likeness (QED) is 0.875. The van der Waals surface area contributed by atoms with Gasteiger partial charge in [0.15, 0.2) is 0 Å². The van der Waals surface area contributed by atoms with E-state index in [-0.39, 0.29) is 17.9 Å². The second kappa shape index (κ2) is 7.40. The summed E-state index contributed by atoms with van der Waals surface area (Å²) < 4.78 is 5.21. The van der Waals surface area contributed by atoms with Gasteiger partial charge in [-0.3, -0.25) is 4.79 Å². The number of hydrogen-bond acceptors (Lipinski definition) is 3. The fraction of sp³-hybridized carbons (Fsp3) is 0.529. The van der Waals surface area contributed by atoms with Gasteiger partial charge in [0.05, 0.1) is 6.10 Å². The summed E-state index contributed by atoms with van der Waals surface area (Å²) in [6.45, 7) is 2.45. The zero-order valence-electron chi connectivity index (χ0n) is 13.1. The van der Waals surface area contributed by atoms with Crippen LogP contribution >= 0.6 is 0 Å².